The third-order valence-electron chi connectivity index (χ3n) is 9.01. The molecule has 35 heavy (non-hydrogen) atoms. The number of epoxide rings is 1. The van der Waals surface area contributed by atoms with Gasteiger partial charge in [0.05, 0.1) is 17.6 Å². The third kappa shape index (κ3) is 3.47. The topological polar surface area (TPSA) is 119 Å². The van der Waals surface area contributed by atoms with Crippen molar-refractivity contribution in [1.82, 2.24) is 5.32 Å². The fourth-order valence-electron chi connectivity index (χ4n) is 6.96. The summed E-state index contributed by atoms with van der Waals surface area (Å²) in [5.41, 5.74) is -0.444. The molecule has 1 aromatic carbocycles. The summed E-state index contributed by atoms with van der Waals surface area (Å²) >= 11 is 0. The smallest absolute Gasteiger partial charge is 0.230 e. The van der Waals surface area contributed by atoms with E-state index in [1.54, 1.807) is 13.0 Å². The monoisotopic (exact) mass is 481 g/mol. The van der Waals surface area contributed by atoms with Crippen molar-refractivity contribution < 1.29 is 29.6 Å². The molecular weight excluding hydrogens is 446 g/mol. The van der Waals surface area contributed by atoms with Crippen molar-refractivity contribution >= 4 is 11.7 Å². The van der Waals surface area contributed by atoms with Crippen molar-refractivity contribution in [1.29, 1.82) is 0 Å². The Balaban J connectivity index is 1.65. The lowest BCUT2D eigenvalue weighted by molar-refractivity contribution is -0.147. The van der Waals surface area contributed by atoms with Crippen LogP contribution in [0.4, 0.5) is 0 Å². The summed E-state index contributed by atoms with van der Waals surface area (Å²) in [4.78, 5) is 26.9. The molecule has 1 unspecified atom stereocenters. The number of benzene rings is 1. The molecule has 4 aliphatic rings. The number of fused-ring (bicyclic) bond motifs is 1. The van der Waals surface area contributed by atoms with Crippen LogP contribution >= 0.6 is 0 Å². The first-order valence-electron chi connectivity index (χ1n) is 12.5. The van der Waals surface area contributed by atoms with Crippen LogP contribution in [0.15, 0.2) is 53.6 Å². The second-order valence-electron chi connectivity index (χ2n) is 11.1. The molecule has 2 fully saturated rings. The van der Waals surface area contributed by atoms with Crippen LogP contribution in [-0.2, 0) is 20.7 Å². The summed E-state index contributed by atoms with van der Waals surface area (Å²) in [5.74, 6) is -2.27. The number of aliphatic hydroxyl groups is 3. The molecule has 1 amide bonds. The molecular formula is C28H35NO6. The Morgan fingerprint density at radius 3 is 2.49 bits per heavy atom. The van der Waals surface area contributed by atoms with E-state index < -0.39 is 53.2 Å². The molecule has 2 heterocycles. The van der Waals surface area contributed by atoms with Crippen molar-refractivity contribution in [3.8, 4) is 0 Å². The Morgan fingerprint density at radius 2 is 1.80 bits per heavy atom. The van der Waals surface area contributed by atoms with Crippen LogP contribution in [-0.4, -0.2) is 63.1 Å². The number of carbonyl (C=O) groups is 2. The number of nitrogens with one attached hydrogen (secondary N) is 1. The first kappa shape index (κ1) is 24.4. The van der Waals surface area contributed by atoms with Crippen LogP contribution in [0.3, 0.4) is 0 Å². The van der Waals surface area contributed by atoms with Gasteiger partial charge in [0.1, 0.15) is 17.8 Å². The summed E-state index contributed by atoms with van der Waals surface area (Å²) < 4.78 is 5.76. The van der Waals surface area contributed by atoms with Gasteiger partial charge in [-0.1, -0.05) is 55.0 Å². The SMILES string of the molecule is CC1=C(C)[C@@H](O)[C@@H]2C=CC[C@H](C)C(=O)[C@](C)(O)[C@@H]3O[C@H]3[C@@H](O)[C@]23C(=O)N[C@@H](Cc2ccccc2)C13. The quantitative estimate of drug-likeness (QED) is 0.377. The van der Waals surface area contributed by atoms with Gasteiger partial charge in [-0.3, -0.25) is 9.59 Å². The van der Waals surface area contributed by atoms with Crippen molar-refractivity contribution in [3.05, 3.63) is 59.2 Å². The molecule has 10 atom stereocenters. The normalized spacial score (nSPS) is 45.2. The Kier molecular flexibility index (Phi) is 5.83. The number of carbonyl (C=O) groups excluding carboxylic acids is 2. The molecule has 7 nitrogen and oxygen atoms in total. The molecule has 4 N–H and O–H groups in total. The van der Waals surface area contributed by atoms with E-state index in [2.05, 4.69) is 5.32 Å². The highest BCUT2D eigenvalue weighted by molar-refractivity contribution is 5.91. The van der Waals surface area contributed by atoms with Crippen LogP contribution in [0.1, 0.15) is 39.7 Å². The molecule has 1 aromatic rings. The van der Waals surface area contributed by atoms with Crippen molar-refractivity contribution in [2.24, 2.45) is 23.2 Å². The number of hydrogen-bond donors (Lipinski definition) is 4. The zero-order chi connectivity index (χ0) is 25.3. The van der Waals surface area contributed by atoms with Gasteiger partial charge in [0, 0.05) is 23.8 Å². The molecule has 5 rings (SSSR count). The van der Waals surface area contributed by atoms with Gasteiger partial charge in [0.25, 0.3) is 0 Å². The van der Waals surface area contributed by atoms with Gasteiger partial charge in [0.15, 0.2) is 5.78 Å². The summed E-state index contributed by atoms with van der Waals surface area (Å²) in [6.07, 6.45) is 0.434. The highest BCUT2D eigenvalue weighted by Crippen LogP contribution is 2.59. The number of allylic oxidation sites excluding steroid dienone is 1. The van der Waals surface area contributed by atoms with Crippen LogP contribution in [0.5, 0.6) is 0 Å². The minimum atomic E-state index is -1.78. The molecule has 0 radical (unpaired) electrons. The van der Waals surface area contributed by atoms with Crippen LogP contribution in [0, 0.1) is 23.2 Å². The van der Waals surface area contributed by atoms with E-state index in [0.29, 0.717) is 12.8 Å². The van der Waals surface area contributed by atoms with E-state index >= 15 is 0 Å². The van der Waals surface area contributed by atoms with Gasteiger partial charge in [0.2, 0.25) is 5.91 Å². The van der Waals surface area contributed by atoms with Crippen LogP contribution in [0.25, 0.3) is 0 Å². The molecule has 0 bridgehead atoms. The summed E-state index contributed by atoms with van der Waals surface area (Å²) in [6, 6.07) is 9.58. The van der Waals surface area contributed by atoms with E-state index in [1.807, 2.05) is 50.3 Å². The lowest BCUT2D eigenvalue weighted by Crippen LogP contribution is -2.59. The van der Waals surface area contributed by atoms with Crippen LogP contribution in [0.2, 0.25) is 0 Å². The highest BCUT2D eigenvalue weighted by atomic mass is 16.6. The van der Waals surface area contributed by atoms with Crippen molar-refractivity contribution in [2.75, 3.05) is 0 Å². The average Bonchev–Trinajstić information content (AvgIpc) is 3.59. The maximum Gasteiger partial charge on any atom is 0.230 e. The molecule has 2 saturated heterocycles. The van der Waals surface area contributed by atoms with E-state index in [-0.39, 0.29) is 17.7 Å². The number of ketones is 1. The number of rotatable bonds is 2. The van der Waals surface area contributed by atoms with Crippen LogP contribution < -0.4 is 5.32 Å². The lowest BCUT2D eigenvalue weighted by atomic mass is 9.53. The van der Waals surface area contributed by atoms with E-state index in [1.165, 1.54) is 6.92 Å². The van der Waals surface area contributed by atoms with E-state index in [4.69, 9.17) is 4.74 Å². The molecule has 7 heteroatoms. The molecule has 1 spiro atoms. The second kappa shape index (κ2) is 8.37. The summed E-state index contributed by atoms with van der Waals surface area (Å²) in [7, 11) is 0. The number of aliphatic hydroxyl groups excluding tert-OH is 2. The van der Waals surface area contributed by atoms with E-state index in [0.717, 1.165) is 16.7 Å². The maximum atomic E-state index is 14.0. The van der Waals surface area contributed by atoms with Gasteiger partial charge in [-0.25, -0.2) is 0 Å². The Bertz CT molecular complexity index is 1090. The summed E-state index contributed by atoms with van der Waals surface area (Å²) in [6.45, 7) is 6.98. The third-order valence-corrected chi connectivity index (χ3v) is 9.01. The van der Waals surface area contributed by atoms with Gasteiger partial charge in [-0.05, 0) is 44.7 Å². The highest BCUT2D eigenvalue weighted by Gasteiger charge is 2.72. The lowest BCUT2D eigenvalue weighted by Gasteiger charge is -2.49. The molecule has 188 valence electrons. The van der Waals surface area contributed by atoms with E-state index in [9.17, 15) is 24.9 Å². The first-order chi connectivity index (χ1) is 16.5. The molecule has 2 aliphatic heterocycles. The average molecular weight is 482 g/mol. The fraction of sp³-hybridized carbons (Fsp3) is 0.571. The Labute approximate surface area is 205 Å². The predicted octanol–water partition coefficient (Wildman–Crippen LogP) is 1.70. The minimum absolute atomic E-state index is 0.290. The molecule has 0 saturated carbocycles. The van der Waals surface area contributed by atoms with Gasteiger partial charge in [-0.2, -0.15) is 0 Å². The maximum absolute atomic E-state index is 14.0. The number of Topliss-reactive ketones (excluding diaryl/α,β-unsaturated/α-hetero) is 1. The standard InChI is InChI=1S/C28H35NO6/c1-14-9-8-12-18-21(30)16(3)15(2)20-19(13-17-10-6-5-7-11-17)29-26(33)28(18,20)24(32)22-25(35-22)27(4,34)23(14)31/h5-8,10-12,14,18-22,24-25,30,32,34H,9,13H2,1-4H3,(H,29,33)/t14-,18-,19-,20?,21+,22-,24+,25+,27-,28-/m0/s1. The fourth-order valence-corrected chi connectivity index (χ4v) is 6.96. The molecule has 2 aliphatic carbocycles. The number of amides is 1. The Hall–Kier alpha value is -2.32. The van der Waals surface area contributed by atoms with Gasteiger partial charge < -0.3 is 25.4 Å². The summed E-state index contributed by atoms with van der Waals surface area (Å²) in [5, 5.41) is 37.5. The second-order valence-corrected chi connectivity index (χ2v) is 11.1. The number of hydrogen-bond acceptors (Lipinski definition) is 6. The van der Waals surface area contributed by atoms with Gasteiger partial charge >= 0.3 is 0 Å². The zero-order valence-corrected chi connectivity index (χ0v) is 20.6. The predicted molar refractivity (Wildman–Crippen MR) is 129 cm³/mol. The minimum Gasteiger partial charge on any atom is -0.389 e. The zero-order valence-electron chi connectivity index (χ0n) is 20.6. The van der Waals surface area contributed by atoms with Gasteiger partial charge in [-0.15, -0.1) is 0 Å². The number of ether oxygens (including phenoxy) is 1. The molecule has 0 aromatic heterocycles. The largest absolute Gasteiger partial charge is 0.389 e. The Morgan fingerprint density at radius 1 is 1.11 bits per heavy atom. The first-order valence-corrected chi connectivity index (χ1v) is 12.5. The van der Waals surface area contributed by atoms with Crippen molar-refractivity contribution in [2.45, 2.75) is 76.6 Å². The van der Waals surface area contributed by atoms with Crippen molar-refractivity contribution in [3.63, 3.8) is 0 Å².